The summed E-state index contributed by atoms with van der Waals surface area (Å²) in [6.45, 7) is 0. The fraction of sp³-hybridized carbons (Fsp3) is 0.158. The van der Waals surface area contributed by atoms with Crippen LogP contribution in [0.3, 0.4) is 0 Å². The third-order valence-electron chi connectivity index (χ3n) is 3.76. The highest BCUT2D eigenvalue weighted by Crippen LogP contribution is 2.22. The summed E-state index contributed by atoms with van der Waals surface area (Å²) in [5, 5.41) is 3.18. The maximum absolute atomic E-state index is 13.0. The van der Waals surface area contributed by atoms with Crippen LogP contribution in [-0.2, 0) is 27.7 Å². The standard InChI is InChI=1S/C19H18FN3O3S2/c1-28(25,26)23-17-5-3-2-4-14(17)11-18(24)22-19-21-12-16(27-19)10-13-6-8-15(20)9-7-13/h2-9,12,23H,10-11H2,1H3,(H,21,22,24). The monoisotopic (exact) mass is 419 g/mol. The third kappa shape index (κ3) is 5.86. The van der Waals surface area contributed by atoms with Gasteiger partial charge in [0.05, 0.1) is 18.4 Å². The zero-order valence-corrected chi connectivity index (χ0v) is 16.6. The van der Waals surface area contributed by atoms with Gasteiger partial charge in [0, 0.05) is 17.5 Å². The fourth-order valence-corrected chi connectivity index (χ4v) is 4.02. The van der Waals surface area contributed by atoms with Crippen LogP contribution in [-0.4, -0.2) is 25.6 Å². The number of carbonyl (C=O) groups is 1. The van der Waals surface area contributed by atoms with Gasteiger partial charge in [0.15, 0.2) is 5.13 Å². The smallest absolute Gasteiger partial charge is 0.230 e. The van der Waals surface area contributed by atoms with Gasteiger partial charge >= 0.3 is 0 Å². The molecule has 0 saturated heterocycles. The zero-order chi connectivity index (χ0) is 20.1. The lowest BCUT2D eigenvalue weighted by Crippen LogP contribution is -2.17. The van der Waals surface area contributed by atoms with Crippen molar-refractivity contribution in [3.05, 3.63) is 76.5 Å². The molecule has 3 rings (SSSR count). The van der Waals surface area contributed by atoms with E-state index in [1.54, 1.807) is 42.6 Å². The van der Waals surface area contributed by atoms with Crippen molar-refractivity contribution in [3.8, 4) is 0 Å². The highest BCUT2D eigenvalue weighted by Gasteiger charge is 2.12. The molecule has 0 aliphatic rings. The Morgan fingerprint density at radius 3 is 2.57 bits per heavy atom. The molecule has 28 heavy (non-hydrogen) atoms. The first-order valence-corrected chi connectivity index (χ1v) is 11.0. The number of anilines is 2. The van der Waals surface area contributed by atoms with Crippen molar-refractivity contribution >= 4 is 38.1 Å². The largest absolute Gasteiger partial charge is 0.302 e. The number of aromatic nitrogens is 1. The number of amides is 1. The topological polar surface area (TPSA) is 88.2 Å². The molecule has 0 aliphatic carbocycles. The first-order valence-electron chi connectivity index (χ1n) is 8.33. The van der Waals surface area contributed by atoms with Gasteiger partial charge in [-0.2, -0.15) is 0 Å². The third-order valence-corrected chi connectivity index (χ3v) is 5.26. The van der Waals surface area contributed by atoms with Gasteiger partial charge in [-0.3, -0.25) is 9.52 Å². The molecule has 0 unspecified atom stereocenters. The molecule has 0 bridgehead atoms. The summed E-state index contributed by atoms with van der Waals surface area (Å²) in [7, 11) is -3.44. The number of nitrogens with one attached hydrogen (secondary N) is 2. The van der Waals surface area contributed by atoms with Crippen molar-refractivity contribution in [1.29, 1.82) is 0 Å². The Hall–Kier alpha value is -2.78. The van der Waals surface area contributed by atoms with E-state index in [1.165, 1.54) is 23.5 Å². The summed E-state index contributed by atoms with van der Waals surface area (Å²) in [5.41, 5.74) is 1.88. The molecule has 2 N–H and O–H groups in total. The molecule has 9 heteroatoms. The Kier molecular flexibility index (Phi) is 6.05. The number of sulfonamides is 1. The quantitative estimate of drug-likeness (QED) is 0.614. The second-order valence-corrected chi connectivity index (χ2v) is 9.05. The molecule has 0 radical (unpaired) electrons. The molecule has 3 aromatic rings. The Morgan fingerprint density at radius 2 is 1.86 bits per heavy atom. The van der Waals surface area contributed by atoms with Gasteiger partial charge in [-0.1, -0.05) is 30.3 Å². The van der Waals surface area contributed by atoms with Crippen LogP contribution in [0.5, 0.6) is 0 Å². The second kappa shape index (κ2) is 8.49. The van der Waals surface area contributed by atoms with Crippen molar-refractivity contribution in [2.45, 2.75) is 12.8 Å². The molecular weight excluding hydrogens is 401 g/mol. The van der Waals surface area contributed by atoms with Crippen LogP contribution in [0, 0.1) is 5.82 Å². The normalized spacial score (nSPS) is 11.2. The van der Waals surface area contributed by atoms with Gasteiger partial charge in [-0.25, -0.2) is 17.8 Å². The van der Waals surface area contributed by atoms with E-state index in [1.807, 2.05) is 0 Å². The molecule has 1 heterocycles. The molecular formula is C19H18FN3O3S2. The van der Waals surface area contributed by atoms with Crippen LogP contribution in [0.25, 0.3) is 0 Å². The van der Waals surface area contributed by atoms with E-state index in [0.717, 1.165) is 16.7 Å². The van der Waals surface area contributed by atoms with Gasteiger partial charge in [-0.15, -0.1) is 11.3 Å². The lowest BCUT2D eigenvalue weighted by Gasteiger charge is -2.10. The lowest BCUT2D eigenvalue weighted by atomic mass is 10.1. The Labute approximate surface area is 166 Å². The molecule has 1 aromatic heterocycles. The molecule has 6 nitrogen and oxygen atoms in total. The van der Waals surface area contributed by atoms with Gasteiger partial charge in [0.2, 0.25) is 15.9 Å². The summed E-state index contributed by atoms with van der Waals surface area (Å²) in [5.74, 6) is -0.586. The fourth-order valence-electron chi connectivity index (χ4n) is 2.56. The Balaban J connectivity index is 1.63. The van der Waals surface area contributed by atoms with Crippen LogP contribution in [0.2, 0.25) is 0 Å². The van der Waals surface area contributed by atoms with Gasteiger partial charge in [0.25, 0.3) is 0 Å². The molecule has 0 saturated carbocycles. The molecule has 146 valence electrons. The van der Waals surface area contributed by atoms with E-state index in [-0.39, 0.29) is 18.1 Å². The average molecular weight is 420 g/mol. The summed E-state index contributed by atoms with van der Waals surface area (Å²) < 4.78 is 38.3. The second-order valence-electron chi connectivity index (χ2n) is 6.19. The number of hydrogen-bond acceptors (Lipinski definition) is 5. The van der Waals surface area contributed by atoms with Crippen molar-refractivity contribution in [3.63, 3.8) is 0 Å². The van der Waals surface area contributed by atoms with E-state index in [9.17, 15) is 17.6 Å². The number of halogens is 1. The average Bonchev–Trinajstić information content (AvgIpc) is 3.04. The van der Waals surface area contributed by atoms with Gasteiger partial charge < -0.3 is 5.32 Å². The number of para-hydroxylation sites is 1. The maximum Gasteiger partial charge on any atom is 0.230 e. The number of rotatable bonds is 7. The summed E-state index contributed by atoms with van der Waals surface area (Å²) in [6, 6.07) is 12.9. The summed E-state index contributed by atoms with van der Waals surface area (Å²) in [6.07, 6.45) is 3.32. The lowest BCUT2D eigenvalue weighted by molar-refractivity contribution is -0.115. The van der Waals surface area contributed by atoms with Crippen molar-refractivity contribution < 1.29 is 17.6 Å². The van der Waals surface area contributed by atoms with Gasteiger partial charge in [-0.05, 0) is 29.3 Å². The zero-order valence-electron chi connectivity index (χ0n) is 15.0. The molecule has 2 aromatic carbocycles. The van der Waals surface area contributed by atoms with Crippen LogP contribution in [0.4, 0.5) is 15.2 Å². The maximum atomic E-state index is 13.0. The Bertz CT molecular complexity index is 1080. The van der Waals surface area contributed by atoms with Crippen molar-refractivity contribution in [2.24, 2.45) is 0 Å². The number of benzene rings is 2. The van der Waals surface area contributed by atoms with Gasteiger partial charge in [0.1, 0.15) is 5.82 Å². The van der Waals surface area contributed by atoms with E-state index < -0.39 is 10.0 Å². The molecule has 1 amide bonds. The molecule has 0 spiro atoms. The minimum absolute atomic E-state index is 0.00552. The predicted octanol–water partition coefficient (Wildman–Crippen LogP) is 3.43. The molecule has 0 fully saturated rings. The van der Waals surface area contributed by atoms with Crippen LogP contribution >= 0.6 is 11.3 Å². The first kappa shape index (κ1) is 20.0. The van der Waals surface area contributed by atoms with E-state index in [2.05, 4.69) is 15.0 Å². The van der Waals surface area contributed by atoms with E-state index >= 15 is 0 Å². The first-order chi connectivity index (χ1) is 13.3. The Morgan fingerprint density at radius 1 is 1.14 bits per heavy atom. The minimum Gasteiger partial charge on any atom is -0.302 e. The van der Waals surface area contributed by atoms with Crippen LogP contribution in [0.1, 0.15) is 16.0 Å². The summed E-state index contributed by atoms with van der Waals surface area (Å²) in [4.78, 5) is 17.5. The van der Waals surface area contributed by atoms with E-state index in [0.29, 0.717) is 22.8 Å². The van der Waals surface area contributed by atoms with Crippen molar-refractivity contribution in [2.75, 3.05) is 16.3 Å². The highest BCUT2D eigenvalue weighted by atomic mass is 32.2. The molecule has 0 atom stereocenters. The number of carbonyl (C=O) groups excluding carboxylic acids is 1. The van der Waals surface area contributed by atoms with Crippen LogP contribution in [0.15, 0.2) is 54.7 Å². The number of thiazole rings is 1. The predicted molar refractivity (Wildman–Crippen MR) is 109 cm³/mol. The molecule has 0 aliphatic heterocycles. The number of nitrogens with zero attached hydrogens (tertiary/aromatic N) is 1. The van der Waals surface area contributed by atoms with E-state index in [4.69, 9.17) is 0 Å². The highest BCUT2D eigenvalue weighted by molar-refractivity contribution is 7.92. The van der Waals surface area contributed by atoms with Crippen molar-refractivity contribution in [1.82, 2.24) is 4.98 Å². The summed E-state index contributed by atoms with van der Waals surface area (Å²) >= 11 is 1.34. The number of hydrogen-bond donors (Lipinski definition) is 2. The minimum atomic E-state index is -3.44. The van der Waals surface area contributed by atoms with Crippen LogP contribution < -0.4 is 10.0 Å². The SMILES string of the molecule is CS(=O)(=O)Nc1ccccc1CC(=O)Nc1ncc(Cc2ccc(F)cc2)s1.